The Kier molecular flexibility index (Phi) is 5.12. The van der Waals surface area contributed by atoms with Crippen LogP contribution in [0.15, 0.2) is 24.5 Å². The van der Waals surface area contributed by atoms with E-state index >= 15 is 0 Å². The second-order valence-electron chi connectivity index (χ2n) is 7.03. The molecule has 10 heteroatoms. The zero-order valence-electron chi connectivity index (χ0n) is 16.1. The third-order valence-electron chi connectivity index (χ3n) is 4.97. The highest BCUT2D eigenvalue weighted by Gasteiger charge is 2.36. The Balaban J connectivity index is 1.66. The lowest BCUT2D eigenvalue weighted by atomic mass is 10.2. The van der Waals surface area contributed by atoms with Gasteiger partial charge in [-0.05, 0) is 19.5 Å². The molecule has 7 nitrogen and oxygen atoms in total. The van der Waals surface area contributed by atoms with Crippen LogP contribution in [0.4, 0.5) is 24.5 Å². The van der Waals surface area contributed by atoms with E-state index in [2.05, 4.69) is 14.9 Å². The maximum absolute atomic E-state index is 13.4. The van der Waals surface area contributed by atoms with Crippen molar-refractivity contribution in [1.29, 1.82) is 0 Å². The molecule has 156 valence electrons. The Hall–Kier alpha value is -2.75. The summed E-state index contributed by atoms with van der Waals surface area (Å²) in [7, 11) is 3.19. The fourth-order valence-electron chi connectivity index (χ4n) is 3.55. The number of hydrogen-bond donors (Lipinski definition) is 0. The number of likely N-dealkylation sites (N-methyl/N-ethyl adjacent to an activating group) is 1. The molecule has 1 atom stereocenters. The van der Waals surface area contributed by atoms with Crippen molar-refractivity contribution < 1.29 is 27.4 Å². The molecule has 2 aromatic rings. The molecule has 29 heavy (non-hydrogen) atoms. The van der Waals surface area contributed by atoms with E-state index in [0.717, 1.165) is 32.7 Å². The van der Waals surface area contributed by atoms with Crippen LogP contribution in [-0.4, -0.2) is 61.4 Å². The van der Waals surface area contributed by atoms with Crippen molar-refractivity contribution in [1.82, 2.24) is 14.9 Å². The molecule has 1 fully saturated rings. The van der Waals surface area contributed by atoms with Gasteiger partial charge < -0.3 is 24.0 Å². The van der Waals surface area contributed by atoms with Crippen molar-refractivity contribution in [2.24, 2.45) is 0 Å². The average molecular weight is 410 g/mol. The predicted molar refractivity (Wildman–Crippen MR) is 99.1 cm³/mol. The van der Waals surface area contributed by atoms with Crippen molar-refractivity contribution in [3.8, 4) is 17.5 Å². The number of ether oxygens (including phenoxy) is 3. The van der Waals surface area contributed by atoms with Crippen LogP contribution in [0.5, 0.6) is 17.5 Å². The fourth-order valence-corrected chi connectivity index (χ4v) is 3.55. The van der Waals surface area contributed by atoms with E-state index < -0.39 is 17.6 Å². The quantitative estimate of drug-likeness (QED) is 0.768. The minimum atomic E-state index is -4.58. The molecule has 4 heterocycles. The number of aromatic nitrogens is 2. The van der Waals surface area contributed by atoms with E-state index in [1.165, 1.54) is 12.4 Å². The van der Waals surface area contributed by atoms with Crippen molar-refractivity contribution in [3.05, 3.63) is 30.1 Å². The second-order valence-corrected chi connectivity index (χ2v) is 7.03. The highest BCUT2D eigenvalue weighted by atomic mass is 19.4. The van der Waals surface area contributed by atoms with Crippen molar-refractivity contribution >= 4 is 11.4 Å². The minimum Gasteiger partial charge on any atom is -0.488 e. The first kappa shape index (κ1) is 19.6. The molecule has 0 N–H and O–H groups in total. The summed E-state index contributed by atoms with van der Waals surface area (Å²) >= 11 is 0. The van der Waals surface area contributed by atoms with Gasteiger partial charge >= 0.3 is 6.18 Å². The largest absolute Gasteiger partial charge is 0.488 e. The van der Waals surface area contributed by atoms with E-state index in [-0.39, 0.29) is 6.10 Å². The monoisotopic (exact) mass is 410 g/mol. The topological polar surface area (TPSA) is 60.0 Å². The zero-order valence-corrected chi connectivity index (χ0v) is 16.1. The molecular formula is C19H21F3N4O3. The zero-order chi connectivity index (χ0) is 20.6. The maximum Gasteiger partial charge on any atom is 0.421 e. The van der Waals surface area contributed by atoms with Crippen LogP contribution in [0, 0.1) is 0 Å². The third-order valence-corrected chi connectivity index (χ3v) is 4.97. The standard InChI is InChI=1S/C19H21F3N4O3/c1-25-4-3-13(11-25)29-17-8-15-16(10-23-17)28-6-5-26(15)12-7-14(19(20,21)22)18(27-2)24-9-12/h7-10,13H,3-6,11H2,1-2H3/t13-/m0/s1. The van der Waals surface area contributed by atoms with E-state index in [4.69, 9.17) is 14.2 Å². The summed E-state index contributed by atoms with van der Waals surface area (Å²) in [6.07, 6.45) is -0.757. The molecule has 2 aliphatic heterocycles. The van der Waals surface area contributed by atoms with Gasteiger partial charge in [0.15, 0.2) is 5.75 Å². The maximum atomic E-state index is 13.4. The van der Waals surface area contributed by atoms with Gasteiger partial charge in [-0.3, -0.25) is 0 Å². The molecule has 0 radical (unpaired) electrons. The number of hydrogen-bond acceptors (Lipinski definition) is 7. The number of anilines is 2. The smallest absolute Gasteiger partial charge is 0.421 e. The lowest BCUT2D eigenvalue weighted by Crippen LogP contribution is -2.29. The molecule has 2 aromatic heterocycles. The Morgan fingerprint density at radius 1 is 1.17 bits per heavy atom. The molecule has 2 aliphatic rings. The van der Waals surface area contributed by atoms with Gasteiger partial charge in [0, 0.05) is 19.2 Å². The number of fused-ring (bicyclic) bond motifs is 1. The van der Waals surface area contributed by atoms with E-state index in [1.54, 1.807) is 11.0 Å². The van der Waals surface area contributed by atoms with E-state index in [1.807, 2.05) is 7.05 Å². The molecule has 0 aromatic carbocycles. The number of nitrogens with zero attached hydrogens (tertiary/aromatic N) is 4. The number of likely N-dealkylation sites (tertiary alicyclic amines) is 1. The van der Waals surface area contributed by atoms with Crippen molar-refractivity contribution in [3.63, 3.8) is 0 Å². The first-order valence-electron chi connectivity index (χ1n) is 9.22. The molecule has 0 saturated carbocycles. The Morgan fingerprint density at radius 3 is 2.69 bits per heavy atom. The number of rotatable bonds is 4. The van der Waals surface area contributed by atoms with Crippen molar-refractivity contribution in [2.45, 2.75) is 18.7 Å². The van der Waals surface area contributed by atoms with Crippen LogP contribution in [0.3, 0.4) is 0 Å². The summed E-state index contributed by atoms with van der Waals surface area (Å²) in [6.45, 7) is 2.43. The van der Waals surface area contributed by atoms with Crippen LogP contribution >= 0.6 is 0 Å². The molecule has 0 bridgehead atoms. The lowest BCUT2D eigenvalue weighted by molar-refractivity contribution is -0.139. The highest BCUT2D eigenvalue weighted by Crippen LogP contribution is 2.42. The Morgan fingerprint density at radius 2 is 2.00 bits per heavy atom. The van der Waals surface area contributed by atoms with Crippen LogP contribution in [0.25, 0.3) is 0 Å². The van der Waals surface area contributed by atoms with Gasteiger partial charge in [0.25, 0.3) is 0 Å². The van der Waals surface area contributed by atoms with Gasteiger partial charge in [-0.1, -0.05) is 0 Å². The normalized spacial score (nSPS) is 19.6. The number of halogens is 3. The summed E-state index contributed by atoms with van der Waals surface area (Å²) in [4.78, 5) is 12.0. The van der Waals surface area contributed by atoms with Crippen LogP contribution < -0.4 is 19.1 Å². The van der Waals surface area contributed by atoms with E-state index in [9.17, 15) is 13.2 Å². The fraction of sp³-hybridized carbons (Fsp3) is 0.474. The minimum absolute atomic E-state index is 0.0306. The molecular weight excluding hydrogens is 389 g/mol. The molecule has 0 unspecified atom stereocenters. The Labute approximate surface area is 166 Å². The van der Waals surface area contributed by atoms with E-state index in [0.29, 0.717) is 36.2 Å². The van der Waals surface area contributed by atoms with Gasteiger partial charge in [-0.2, -0.15) is 13.2 Å². The van der Waals surface area contributed by atoms with Crippen molar-refractivity contribution in [2.75, 3.05) is 45.3 Å². The first-order chi connectivity index (χ1) is 13.8. The molecule has 1 saturated heterocycles. The molecule has 0 aliphatic carbocycles. The van der Waals surface area contributed by atoms with Gasteiger partial charge in [0.1, 0.15) is 18.3 Å². The summed E-state index contributed by atoms with van der Waals surface area (Å²) in [5, 5.41) is 0. The summed E-state index contributed by atoms with van der Waals surface area (Å²) in [6, 6.07) is 2.73. The highest BCUT2D eigenvalue weighted by molar-refractivity contribution is 5.71. The summed E-state index contributed by atoms with van der Waals surface area (Å²) in [5.41, 5.74) is -0.0434. The Bertz CT molecular complexity index is 893. The van der Waals surface area contributed by atoms with Crippen LogP contribution in [-0.2, 0) is 6.18 Å². The van der Waals surface area contributed by atoms with Gasteiger partial charge in [0.05, 0.1) is 37.4 Å². The van der Waals surface area contributed by atoms with Crippen LogP contribution in [0.2, 0.25) is 0 Å². The van der Waals surface area contributed by atoms with Crippen LogP contribution in [0.1, 0.15) is 12.0 Å². The number of alkyl halides is 3. The molecule has 4 rings (SSSR count). The van der Waals surface area contributed by atoms with Gasteiger partial charge in [-0.25, -0.2) is 9.97 Å². The summed E-state index contributed by atoms with van der Waals surface area (Å²) < 4.78 is 56.6. The third kappa shape index (κ3) is 4.02. The molecule has 0 spiro atoms. The number of methoxy groups -OCH3 is 1. The van der Waals surface area contributed by atoms with Gasteiger partial charge in [0.2, 0.25) is 11.8 Å². The second kappa shape index (κ2) is 7.58. The molecule has 0 amide bonds. The summed E-state index contributed by atoms with van der Waals surface area (Å²) in [5.74, 6) is 0.437. The van der Waals surface area contributed by atoms with Gasteiger partial charge in [-0.15, -0.1) is 0 Å². The first-order valence-corrected chi connectivity index (χ1v) is 9.22. The SMILES string of the molecule is COc1ncc(N2CCOc3cnc(O[C@H]4CCN(C)C4)cc32)cc1C(F)(F)F. The average Bonchev–Trinajstić information content (AvgIpc) is 3.11. The lowest BCUT2D eigenvalue weighted by Gasteiger charge is -2.31. The predicted octanol–water partition coefficient (Wildman–Crippen LogP) is 3.12. The number of pyridine rings is 2.